The van der Waals surface area contributed by atoms with Crippen LogP contribution < -0.4 is 11.1 Å². The van der Waals surface area contributed by atoms with E-state index in [0.717, 1.165) is 5.56 Å². The number of para-hydroxylation sites is 1. The van der Waals surface area contributed by atoms with Crippen LogP contribution in [0.3, 0.4) is 0 Å². The molecule has 0 aliphatic carbocycles. The van der Waals surface area contributed by atoms with E-state index in [4.69, 9.17) is 5.73 Å². The van der Waals surface area contributed by atoms with Crippen molar-refractivity contribution in [2.24, 2.45) is 0 Å². The van der Waals surface area contributed by atoms with Gasteiger partial charge in [0.25, 0.3) is 5.91 Å². The van der Waals surface area contributed by atoms with Gasteiger partial charge in [-0.05, 0) is 11.6 Å². The van der Waals surface area contributed by atoms with E-state index in [1.165, 1.54) is 12.1 Å². The van der Waals surface area contributed by atoms with Gasteiger partial charge in [-0.1, -0.05) is 42.5 Å². The maximum atomic E-state index is 13.8. The normalized spacial score (nSPS) is 10.6. The molecule has 0 unspecified atom stereocenters. The number of nitrogen functional groups attached to an aromatic ring is 1. The van der Waals surface area contributed by atoms with E-state index in [1.807, 2.05) is 30.3 Å². The van der Waals surface area contributed by atoms with Crippen molar-refractivity contribution in [1.29, 1.82) is 0 Å². The first kappa shape index (κ1) is 13.9. The number of nitrogens with zero attached hydrogens (tertiary/aromatic N) is 2. The van der Waals surface area contributed by atoms with E-state index in [0.29, 0.717) is 11.9 Å². The number of halogens is 1. The van der Waals surface area contributed by atoms with Gasteiger partial charge in [0.2, 0.25) is 5.95 Å². The molecule has 0 atom stereocenters. The lowest BCUT2D eigenvalue weighted by Crippen LogP contribution is -2.24. The van der Waals surface area contributed by atoms with Gasteiger partial charge in [0.05, 0.1) is 0 Å². The first-order valence-corrected chi connectivity index (χ1v) is 6.69. The van der Waals surface area contributed by atoms with Crippen molar-refractivity contribution in [3.8, 4) is 0 Å². The Labute approximate surface area is 126 Å². The van der Waals surface area contributed by atoms with Crippen molar-refractivity contribution in [2.45, 2.75) is 6.54 Å². The fraction of sp³-hybridized carbons (Fsp3) is 0.0625. The van der Waals surface area contributed by atoms with Gasteiger partial charge in [0.1, 0.15) is 17.0 Å². The van der Waals surface area contributed by atoms with E-state index < -0.39 is 11.7 Å². The highest BCUT2D eigenvalue weighted by Gasteiger charge is 2.15. The maximum absolute atomic E-state index is 13.8. The minimum Gasteiger partial charge on any atom is -0.368 e. The summed E-state index contributed by atoms with van der Waals surface area (Å²) in [5.74, 6) is -1.10. The minimum atomic E-state index is -0.538. The number of amides is 1. The molecule has 110 valence electrons. The lowest BCUT2D eigenvalue weighted by Gasteiger charge is -2.08. The largest absolute Gasteiger partial charge is 0.368 e. The third-order valence-corrected chi connectivity index (χ3v) is 3.21. The number of carbonyl (C=O) groups excluding carboxylic acids is 1. The fourth-order valence-corrected chi connectivity index (χ4v) is 2.17. The van der Waals surface area contributed by atoms with Crippen LogP contribution in [0.4, 0.5) is 10.3 Å². The third-order valence-electron chi connectivity index (χ3n) is 3.21. The monoisotopic (exact) mass is 296 g/mol. The van der Waals surface area contributed by atoms with Gasteiger partial charge in [-0.15, -0.1) is 0 Å². The van der Waals surface area contributed by atoms with Crippen molar-refractivity contribution in [3.63, 3.8) is 0 Å². The molecule has 22 heavy (non-hydrogen) atoms. The zero-order chi connectivity index (χ0) is 15.5. The number of anilines is 1. The quantitative estimate of drug-likeness (QED) is 0.777. The van der Waals surface area contributed by atoms with Crippen molar-refractivity contribution < 1.29 is 9.18 Å². The Bertz CT molecular complexity index is 836. The topological polar surface area (TPSA) is 80.9 Å². The standard InChI is InChI=1S/C16H13FN4O/c17-12-8-4-7-11-13(12)20-16(18)21-14(11)15(22)19-9-10-5-2-1-3-6-10/h1-8H,9H2,(H,19,22)(H2,18,20,21). The van der Waals surface area contributed by atoms with Gasteiger partial charge in [-0.3, -0.25) is 4.79 Å². The minimum absolute atomic E-state index is 0.0415. The highest BCUT2D eigenvalue weighted by Crippen LogP contribution is 2.19. The number of nitrogens with two attached hydrogens (primary N) is 1. The summed E-state index contributed by atoms with van der Waals surface area (Å²) >= 11 is 0. The van der Waals surface area contributed by atoms with Gasteiger partial charge in [-0.25, -0.2) is 14.4 Å². The smallest absolute Gasteiger partial charge is 0.271 e. The molecule has 0 bridgehead atoms. The number of fused-ring (bicyclic) bond motifs is 1. The van der Waals surface area contributed by atoms with E-state index in [-0.39, 0.29) is 17.2 Å². The number of hydrogen-bond acceptors (Lipinski definition) is 4. The van der Waals surface area contributed by atoms with Gasteiger partial charge < -0.3 is 11.1 Å². The fourth-order valence-electron chi connectivity index (χ4n) is 2.17. The van der Waals surface area contributed by atoms with Crippen LogP contribution in [-0.4, -0.2) is 15.9 Å². The number of nitrogens with one attached hydrogen (secondary N) is 1. The molecule has 0 spiro atoms. The van der Waals surface area contributed by atoms with Crippen molar-refractivity contribution in [3.05, 3.63) is 65.6 Å². The molecule has 3 aromatic rings. The van der Waals surface area contributed by atoms with E-state index in [1.54, 1.807) is 6.07 Å². The molecule has 0 saturated carbocycles. The molecule has 5 nitrogen and oxygen atoms in total. The number of benzene rings is 2. The molecule has 2 aromatic carbocycles. The molecule has 1 amide bonds. The average Bonchev–Trinajstić information content (AvgIpc) is 2.54. The number of aromatic nitrogens is 2. The summed E-state index contributed by atoms with van der Waals surface area (Å²) in [6, 6.07) is 13.8. The van der Waals surface area contributed by atoms with Crippen LogP contribution in [0.2, 0.25) is 0 Å². The van der Waals surface area contributed by atoms with Crippen LogP contribution in [0.15, 0.2) is 48.5 Å². The van der Waals surface area contributed by atoms with Gasteiger partial charge in [0, 0.05) is 11.9 Å². The number of rotatable bonds is 3. The van der Waals surface area contributed by atoms with E-state index in [9.17, 15) is 9.18 Å². The molecule has 0 aliphatic rings. The second-order valence-corrected chi connectivity index (χ2v) is 4.73. The summed E-state index contributed by atoms with van der Waals surface area (Å²) in [5, 5.41) is 3.08. The molecular weight excluding hydrogens is 283 g/mol. The zero-order valence-corrected chi connectivity index (χ0v) is 11.6. The number of hydrogen-bond donors (Lipinski definition) is 2. The Kier molecular flexibility index (Phi) is 3.65. The molecule has 6 heteroatoms. The molecular formula is C16H13FN4O. The molecule has 3 N–H and O–H groups in total. The maximum Gasteiger partial charge on any atom is 0.271 e. The van der Waals surface area contributed by atoms with Crippen LogP contribution in [0.1, 0.15) is 16.1 Å². The summed E-state index contributed by atoms with van der Waals surface area (Å²) in [4.78, 5) is 20.1. The SMILES string of the molecule is Nc1nc(C(=O)NCc2ccccc2)c2cccc(F)c2n1. The Morgan fingerprint density at radius 3 is 2.64 bits per heavy atom. The molecule has 0 radical (unpaired) electrons. The van der Waals surface area contributed by atoms with Crippen molar-refractivity contribution >= 4 is 22.8 Å². The summed E-state index contributed by atoms with van der Waals surface area (Å²) in [7, 11) is 0. The molecule has 1 aromatic heterocycles. The van der Waals surface area contributed by atoms with Crippen LogP contribution in [0.5, 0.6) is 0 Å². The van der Waals surface area contributed by atoms with Gasteiger partial charge in [-0.2, -0.15) is 0 Å². The summed E-state index contributed by atoms with van der Waals surface area (Å²) in [6.45, 7) is 0.348. The predicted octanol–water partition coefficient (Wildman–Crippen LogP) is 2.28. The third kappa shape index (κ3) is 2.71. The Balaban J connectivity index is 1.92. The summed E-state index contributed by atoms with van der Waals surface area (Å²) in [6.07, 6.45) is 0. The molecule has 0 aliphatic heterocycles. The first-order chi connectivity index (χ1) is 10.6. The lowest BCUT2D eigenvalue weighted by atomic mass is 10.1. The zero-order valence-electron chi connectivity index (χ0n) is 11.6. The highest BCUT2D eigenvalue weighted by atomic mass is 19.1. The molecule has 3 rings (SSSR count). The van der Waals surface area contributed by atoms with E-state index >= 15 is 0 Å². The second kappa shape index (κ2) is 5.77. The van der Waals surface area contributed by atoms with E-state index in [2.05, 4.69) is 15.3 Å². The molecule has 1 heterocycles. The van der Waals surface area contributed by atoms with Crippen LogP contribution >= 0.6 is 0 Å². The van der Waals surface area contributed by atoms with Gasteiger partial charge in [0.15, 0.2) is 0 Å². The predicted molar refractivity (Wildman–Crippen MR) is 81.5 cm³/mol. The van der Waals surface area contributed by atoms with Crippen molar-refractivity contribution in [2.75, 3.05) is 5.73 Å². The second-order valence-electron chi connectivity index (χ2n) is 4.73. The van der Waals surface area contributed by atoms with Crippen LogP contribution in [-0.2, 0) is 6.54 Å². The summed E-state index contributed by atoms with van der Waals surface area (Å²) < 4.78 is 13.8. The number of carbonyl (C=O) groups is 1. The highest BCUT2D eigenvalue weighted by molar-refractivity contribution is 6.04. The Hall–Kier alpha value is -3.02. The Morgan fingerprint density at radius 1 is 1.09 bits per heavy atom. The average molecular weight is 296 g/mol. The molecule has 0 fully saturated rings. The van der Waals surface area contributed by atoms with Crippen molar-refractivity contribution in [1.82, 2.24) is 15.3 Å². The Morgan fingerprint density at radius 2 is 1.86 bits per heavy atom. The van der Waals surface area contributed by atoms with Gasteiger partial charge >= 0.3 is 0 Å². The summed E-state index contributed by atoms with van der Waals surface area (Å²) in [5.41, 5.74) is 6.63. The lowest BCUT2D eigenvalue weighted by molar-refractivity contribution is 0.0948. The van der Waals surface area contributed by atoms with Crippen LogP contribution in [0.25, 0.3) is 10.9 Å². The van der Waals surface area contributed by atoms with Crippen LogP contribution in [0, 0.1) is 5.82 Å². The first-order valence-electron chi connectivity index (χ1n) is 6.69. The molecule has 0 saturated heterocycles.